The second-order valence-corrected chi connectivity index (χ2v) is 16.9. The molecule has 0 aliphatic rings. The number of nitrogens with zero attached hydrogens (tertiary/aromatic N) is 2. The third kappa shape index (κ3) is 4.89. The molecule has 0 N–H and O–H groups in total. The van der Waals surface area contributed by atoms with E-state index in [1.807, 2.05) is 23.5 Å². The average Bonchev–Trinajstić information content (AvgIpc) is 3.96. The molecule has 0 radical (unpaired) electrons. The van der Waals surface area contributed by atoms with Crippen LogP contribution in [0.25, 0.3) is 95.3 Å². The fourth-order valence-corrected chi connectivity index (χ4v) is 11.3. The van der Waals surface area contributed by atoms with Gasteiger partial charge in [-0.05, 0) is 88.7 Å². The Morgan fingerprint density at radius 3 is 1.46 bits per heavy atom. The van der Waals surface area contributed by atoms with Crippen molar-refractivity contribution >= 4 is 134 Å². The minimum absolute atomic E-state index is 0.794. The van der Waals surface area contributed by atoms with Crippen molar-refractivity contribution in [2.24, 2.45) is 0 Å². The Labute approximate surface area is 331 Å². The summed E-state index contributed by atoms with van der Waals surface area (Å²) >= 11 is 13.3. The summed E-state index contributed by atoms with van der Waals surface area (Å²) in [6.45, 7) is 0. The first kappa shape index (κ1) is 32.0. The van der Waals surface area contributed by atoms with Crippen molar-refractivity contribution in [1.82, 2.24) is 9.13 Å². The first-order valence-electron chi connectivity index (χ1n) is 17.8. The smallest absolute Gasteiger partial charge is 0.0640 e. The van der Waals surface area contributed by atoms with Crippen molar-refractivity contribution in [3.63, 3.8) is 0 Å². The summed E-state index contributed by atoms with van der Waals surface area (Å²) in [5.41, 5.74) is 7.41. The fraction of sp³-hybridized carbons (Fsp3) is 0. The second-order valence-electron chi connectivity index (χ2n) is 13.5. The third-order valence-corrected chi connectivity index (χ3v) is 14.1. The summed E-state index contributed by atoms with van der Waals surface area (Å²) in [6, 6.07) is 60.9. The van der Waals surface area contributed by atoms with E-state index in [1.54, 1.807) is 11.3 Å². The fourth-order valence-electron chi connectivity index (χ4n) is 8.21. The number of hydrogen-bond donors (Lipinski definition) is 0. The molecule has 0 amide bonds. The van der Waals surface area contributed by atoms with Gasteiger partial charge in [-0.2, -0.15) is 0 Å². The normalized spacial score (nSPS) is 11.9. The second kappa shape index (κ2) is 12.6. The van der Waals surface area contributed by atoms with Gasteiger partial charge >= 0.3 is 0 Å². The lowest BCUT2D eigenvalue weighted by molar-refractivity contribution is 1.19. The maximum absolute atomic E-state index is 6.01. The number of rotatable bonds is 2. The van der Waals surface area contributed by atoms with Gasteiger partial charge in [0.2, 0.25) is 0 Å². The highest BCUT2D eigenvalue weighted by atomic mass is 79.9. The van der Waals surface area contributed by atoms with Crippen molar-refractivity contribution in [1.29, 1.82) is 0 Å². The number of thiophene rings is 2. The Balaban J connectivity index is 0.000000190. The van der Waals surface area contributed by atoms with E-state index >= 15 is 0 Å². The number of hydrogen-bond acceptors (Lipinski definition) is 2. The lowest BCUT2D eigenvalue weighted by Crippen LogP contribution is -1.94. The quantitative estimate of drug-likeness (QED) is 0.165. The van der Waals surface area contributed by atoms with Gasteiger partial charge in [-0.15, -0.1) is 22.7 Å². The van der Waals surface area contributed by atoms with Crippen LogP contribution in [0.2, 0.25) is 5.02 Å². The first-order chi connectivity index (χ1) is 26.6. The van der Waals surface area contributed by atoms with Crippen LogP contribution in [0.4, 0.5) is 0 Å². The molecule has 0 unspecified atom stereocenters. The Hall–Kier alpha value is -5.43. The van der Waals surface area contributed by atoms with E-state index in [2.05, 4.69) is 183 Å². The van der Waals surface area contributed by atoms with Gasteiger partial charge in [0.05, 0.1) is 32.5 Å². The first-order valence-corrected chi connectivity index (χ1v) is 20.6. The Kier molecular flexibility index (Phi) is 7.46. The van der Waals surface area contributed by atoms with Crippen molar-refractivity contribution in [2.45, 2.75) is 0 Å². The topological polar surface area (TPSA) is 9.86 Å². The minimum Gasteiger partial charge on any atom is -0.309 e. The van der Waals surface area contributed by atoms with Crippen LogP contribution in [0.15, 0.2) is 174 Å². The molecule has 0 fully saturated rings. The zero-order chi connectivity index (χ0) is 35.9. The van der Waals surface area contributed by atoms with Crippen LogP contribution < -0.4 is 0 Å². The van der Waals surface area contributed by atoms with Crippen LogP contribution in [0, 0.1) is 0 Å². The van der Waals surface area contributed by atoms with Gasteiger partial charge in [-0.3, -0.25) is 0 Å². The molecule has 0 aliphatic carbocycles. The summed E-state index contributed by atoms with van der Waals surface area (Å²) < 4.78 is 11.2. The van der Waals surface area contributed by atoms with E-state index in [0.29, 0.717) is 0 Å². The molecular formula is C48H28BrClN2S2. The molecule has 4 aromatic heterocycles. The molecule has 8 aromatic carbocycles. The maximum Gasteiger partial charge on any atom is 0.0640 e. The standard InChI is InChI=1S/C36H22N2S.C12H6BrClS/c1-5-15-30-24(10-1)25-11-2-6-16-31(25)37(30)23-20-21-35-29(22-23)28-14-9-19-34(36(28)39-35)38-32-17-7-3-12-26(32)27-13-4-8-18-33(27)38;13-10-3-1-2-8-9-6-7(14)4-5-11(9)15-12(8)10/h1-22H;1-6H. The molecule has 0 bridgehead atoms. The van der Waals surface area contributed by atoms with Crippen molar-refractivity contribution in [2.75, 3.05) is 0 Å². The molecule has 0 aliphatic heterocycles. The van der Waals surface area contributed by atoms with Crippen LogP contribution in [-0.4, -0.2) is 9.13 Å². The van der Waals surface area contributed by atoms with Crippen LogP contribution in [-0.2, 0) is 0 Å². The number of benzene rings is 8. The molecule has 6 heteroatoms. The zero-order valence-electron chi connectivity index (χ0n) is 28.6. The highest BCUT2D eigenvalue weighted by Gasteiger charge is 2.18. The monoisotopic (exact) mass is 810 g/mol. The molecule has 54 heavy (non-hydrogen) atoms. The van der Waals surface area contributed by atoms with Crippen molar-refractivity contribution in [3.8, 4) is 11.4 Å². The van der Waals surface area contributed by atoms with Gasteiger partial charge < -0.3 is 9.13 Å². The third-order valence-electron chi connectivity index (χ3n) is 10.5. The molecular weight excluding hydrogens is 784 g/mol. The van der Waals surface area contributed by atoms with Crippen LogP contribution >= 0.6 is 50.2 Å². The van der Waals surface area contributed by atoms with Gasteiger partial charge in [-0.25, -0.2) is 0 Å². The highest BCUT2D eigenvalue weighted by molar-refractivity contribution is 9.10. The predicted octanol–water partition coefficient (Wildman–Crippen LogP) is 15.7. The highest BCUT2D eigenvalue weighted by Crippen LogP contribution is 2.43. The molecule has 0 saturated heterocycles. The summed E-state index contributed by atoms with van der Waals surface area (Å²) in [5.74, 6) is 0. The maximum atomic E-state index is 6.01. The lowest BCUT2D eigenvalue weighted by Gasteiger charge is -2.09. The van der Waals surface area contributed by atoms with E-state index in [1.165, 1.54) is 95.3 Å². The van der Waals surface area contributed by atoms with E-state index in [-0.39, 0.29) is 0 Å². The summed E-state index contributed by atoms with van der Waals surface area (Å²) in [7, 11) is 0. The molecule has 0 atom stereocenters. The Bertz CT molecular complexity index is 3330. The molecule has 0 saturated carbocycles. The van der Waals surface area contributed by atoms with Gasteiger partial charge in [-0.1, -0.05) is 109 Å². The average molecular weight is 812 g/mol. The van der Waals surface area contributed by atoms with Gasteiger partial charge in [0.1, 0.15) is 0 Å². The lowest BCUT2D eigenvalue weighted by atomic mass is 10.1. The summed E-state index contributed by atoms with van der Waals surface area (Å²) in [5, 5.41) is 11.1. The van der Waals surface area contributed by atoms with Crippen LogP contribution in [0.5, 0.6) is 0 Å². The number of halogens is 2. The van der Waals surface area contributed by atoms with Gasteiger partial charge in [0.15, 0.2) is 0 Å². The number of aromatic nitrogens is 2. The van der Waals surface area contributed by atoms with Crippen molar-refractivity contribution in [3.05, 3.63) is 179 Å². The summed E-state index contributed by atoms with van der Waals surface area (Å²) in [4.78, 5) is 0. The largest absolute Gasteiger partial charge is 0.309 e. The minimum atomic E-state index is 0.794. The van der Waals surface area contributed by atoms with Crippen molar-refractivity contribution < 1.29 is 0 Å². The Morgan fingerprint density at radius 2 is 0.852 bits per heavy atom. The predicted molar refractivity (Wildman–Crippen MR) is 240 cm³/mol. The van der Waals surface area contributed by atoms with E-state index < -0.39 is 0 Å². The zero-order valence-corrected chi connectivity index (χ0v) is 32.6. The Morgan fingerprint density at radius 1 is 0.389 bits per heavy atom. The molecule has 4 heterocycles. The summed E-state index contributed by atoms with van der Waals surface area (Å²) in [6.07, 6.45) is 0. The number of para-hydroxylation sites is 4. The molecule has 0 spiro atoms. The van der Waals surface area contributed by atoms with Crippen LogP contribution in [0.3, 0.4) is 0 Å². The molecule has 256 valence electrons. The molecule has 12 rings (SSSR count). The van der Waals surface area contributed by atoms with E-state index in [9.17, 15) is 0 Å². The SMILES string of the molecule is Clc1ccc2sc3c(Br)cccc3c2c1.c1cc(-n2c3ccccc3c3ccccc32)c2sc3ccc(-n4c5ccccc5c5ccccc54)cc3c2c1. The number of fused-ring (bicyclic) bond motifs is 12. The molecule has 2 nitrogen and oxygen atoms in total. The molecule has 12 aromatic rings. The van der Waals surface area contributed by atoms with Gasteiger partial charge in [0.25, 0.3) is 0 Å². The van der Waals surface area contributed by atoms with Crippen LogP contribution in [0.1, 0.15) is 0 Å². The van der Waals surface area contributed by atoms with E-state index in [4.69, 9.17) is 11.6 Å². The van der Waals surface area contributed by atoms with Gasteiger partial charge in [0, 0.05) is 72.4 Å². The van der Waals surface area contributed by atoms with E-state index in [0.717, 1.165) is 9.50 Å².